The van der Waals surface area contributed by atoms with E-state index >= 15 is 0 Å². The van der Waals surface area contributed by atoms with Gasteiger partial charge in [-0.2, -0.15) is 0 Å². The number of hydrogen-bond acceptors (Lipinski definition) is 3. The molecule has 0 aromatic heterocycles. The fraction of sp³-hybridized carbons (Fsp3) is 0.739. The first-order valence-corrected chi connectivity index (χ1v) is 10.6. The lowest BCUT2D eigenvalue weighted by Gasteiger charge is -2.21. The summed E-state index contributed by atoms with van der Waals surface area (Å²) in [6.07, 6.45) is 11.3. The average molecular weight is 363 g/mol. The Kier molecular flexibility index (Phi) is 9.66. The minimum Gasteiger partial charge on any atom is -0.378 e. The van der Waals surface area contributed by atoms with Crippen LogP contribution in [0.2, 0.25) is 0 Å². The van der Waals surface area contributed by atoms with Gasteiger partial charge < -0.3 is 14.2 Å². The molecule has 1 aromatic carbocycles. The van der Waals surface area contributed by atoms with Gasteiger partial charge in [-0.1, -0.05) is 69.4 Å². The van der Waals surface area contributed by atoms with E-state index in [2.05, 4.69) is 37.3 Å². The Morgan fingerprint density at radius 2 is 1.81 bits per heavy atom. The van der Waals surface area contributed by atoms with E-state index in [-0.39, 0.29) is 12.2 Å². The van der Waals surface area contributed by atoms with E-state index in [9.17, 15) is 0 Å². The summed E-state index contributed by atoms with van der Waals surface area (Å²) >= 11 is 0. The van der Waals surface area contributed by atoms with Crippen molar-refractivity contribution in [1.82, 2.24) is 0 Å². The van der Waals surface area contributed by atoms with Crippen LogP contribution in [0.1, 0.15) is 77.7 Å². The number of unbranched alkanes of at least 4 members (excludes halogenated alkanes) is 5. The van der Waals surface area contributed by atoms with Crippen molar-refractivity contribution in [1.29, 1.82) is 0 Å². The lowest BCUT2D eigenvalue weighted by atomic mass is 10.0. The Morgan fingerprint density at radius 3 is 2.50 bits per heavy atom. The Bertz CT molecular complexity index is 472. The Balaban J connectivity index is 1.72. The predicted molar refractivity (Wildman–Crippen MR) is 107 cm³/mol. The fourth-order valence-electron chi connectivity index (χ4n) is 3.53. The lowest BCUT2D eigenvalue weighted by molar-refractivity contribution is -0.139. The number of hydrogen-bond donors (Lipinski definition) is 0. The first kappa shape index (κ1) is 21.4. The summed E-state index contributed by atoms with van der Waals surface area (Å²) in [6, 6.07) is 10.7. The summed E-state index contributed by atoms with van der Waals surface area (Å²) in [5, 5.41) is 0. The molecule has 0 spiro atoms. The molecule has 3 nitrogen and oxygen atoms in total. The van der Waals surface area contributed by atoms with Gasteiger partial charge in [-0.25, -0.2) is 0 Å². The zero-order chi connectivity index (χ0) is 18.7. The molecule has 2 rings (SSSR count). The molecule has 1 fully saturated rings. The molecule has 1 aliphatic heterocycles. The normalized spacial score (nSPS) is 20.3. The second-order valence-corrected chi connectivity index (χ2v) is 7.98. The van der Waals surface area contributed by atoms with Crippen molar-refractivity contribution in [2.24, 2.45) is 0 Å². The van der Waals surface area contributed by atoms with Crippen molar-refractivity contribution in [3.05, 3.63) is 35.9 Å². The van der Waals surface area contributed by atoms with Gasteiger partial charge >= 0.3 is 0 Å². The predicted octanol–water partition coefficient (Wildman–Crippen LogP) is 5.91. The smallest absolute Gasteiger partial charge is 0.163 e. The maximum absolute atomic E-state index is 6.27. The molecular formula is C23H38O3. The Hall–Kier alpha value is -0.900. The first-order chi connectivity index (χ1) is 12.6. The van der Waals surface area contributed by atoms with Gasteiger partial charge in [0.05, 0.1) is 18.8 Å². The van der Waals surface area contributed by atoms with E-state index in [1.165, 1.54) is 44.1 Å². The second kappa shape index (κ2) is 11.7. The van der Waals surface area contributed by atoms with E-state index in [4.69, 9.17) is 14.2 Å². The van der Waals surface area contributed by atoms with Gasteiger partial charge in [0, 0.05) is 6.61 Å². The fourth-order valence-corrected chi connectivity index (χ4v) is 3.53. The molecule has 0 bridgehead atoms. The van der Waals surface area contributed by atoms with Crippen LogP contribution in [0.5, 0.6) is 0 Å². The van der Waals surface area contributed by atoms with Gasteiger partial charge in [-0.15, -0.1) is 0 Å². The third kappa shape index (κ3) is 8.66. The summed E-state index contributed by atoms with van der Waals surface area (Å²) < 4.78 is 17.9. The number of benzene rings is 1. The molecule has 0 saturated carbocycles. The summed E-state index contributed by atoms with van der Waals surface area (Å²) in [7, 11) is 0. The van der Waals surface area contributed by atoms with Crippen molar-refractivity contribution in [2.75, 3.05) is 13.2 Å². The monoisotopic (exact) mass is 362 g/mol. The quantitative estimate of drug-likeness (QED) is 0.408. The summed E-state index contributed by atoms with van der Waals surface area (Å²) in [6.45, 7) is 7.81. The van der Waals surface area contributed by atoms with Crippen LogP contribution in [0.25, 0.3) is 0 Å². The second-order valence-electron chi connectivity index (χ2n) is 7.98. The maximum atomic E-state index is 6.27. The number of rotatable bonds is 13. The third-order valence-electron chi connectivity index (χ3n) is 5.04. The van der Waals surface area contributed by atoms with E-state index in [0.717, 1.165) is 25.9 Å². The minimum atomic E-state index is -0.432. The molecule has 0 aliphatic carbocycles. The first-order valence-electron chi connectivity index (χ1n) is 10.6. The highest BCUT2D eigenvalue weighted by Crippen LogP contribution is 2.26. The van der Waals surface area contributed by atoms with Crippen LogP contribution in [-0.2, 0) is 20.6 Å². The van der Waals surface area contributed by atoms with Gasteiger partial charge in [0.15, 0.2) is 5.79 Å². The highest BCUT2D eigenvalue weighted by molar-refractivity contribution is 5.15. The third-order valence-corrected chi connectivity index (χ3v) is 5.04. The van der Waals surface area contributed by atoms with Crippen LogP contribution in [0.15, 0.2) is 30.3 Å². The van der Waals surface area contributed by atoms with Crippen LogP contribution in [0, 0.1) is 0 Å². The molecule has 0 radical (unpaired) electrons. The van der Waals surface area contributed by atoms with Gasteiger partial charge in [0.1, 0.15) is 0 Å². The van der Waals surface area contributed by atoms with Crippen LogP contribution in [0.3, 0.4) is 0 Å². The van der Waals surface area contributed by atoms with Crippen LogP contribution >= 0.6 is 0 Å². The standard InChI is InChI=1S/C23H38O3/c1-4-5-6-7-8-12-17-24-21(18-20-13-10-9-11-14-20)15-16-22-19-25-23(2,3)26-22/h9-11,13-14,21-22H,4-8,12,15-19H2,1-3H3/t21-,22-/m1/s1. The summed E-state index contributed by atoms with van der Waals surface area (Å²) in [4.78, 5) is 0. The van der Waals surface area contributed by atoms with Gasteiger partial charge in [0.2, 0.25) is 0 Å². The van der Waals surface area contributed by atoms with E-state index in [1.807, 2.05) is 13.8 Å². The van der Waals surface area contributed by atoms with Crippen molar-refractivity contribution in [3.63, 3.8) is 0 Å². The van der Waals surface area contributed by atoms with Gasteiger partial charge in [0.25, 0.3) is 0 Å². The molecule has 0 N–H and O–H groups in total. The van der Waals surface area contributed by atoms with Crippen molar-refractivity contribution in [2.45, 2.75) is 96.6 Å². The largest absolute Gasteiger partial charge is 0.378 e. The zero-order valence-electron chi connectivity index (χ0n) is 17.0. The molecule has 3 heteroatoms. The molecular weight excluding hydrogens is 324 g/mol. The molecule has 2 atom stereocenters. The van der Waals surface area contributed by atoms with Crippen molar-refractivity contribution in [3.8, 4) is 0 Å². The van der Waals surface area contributed by atoms with Gasteiger partial charge in [-0.05, 0) is 45.1 Å². The van der Waals surface area contributed by atoms with Gasteiger partial charge in [-0.3, -0.25) is 0 Å². The van der Waals surface area contributed by atoms with Crippen LogP contribution in [0.4, 0.5) is 0 Å². The van der Waals surface area contributed by atoms with Crippen molar-refractivity contribution >= 4 is 0 Å². The molecule has 1 heterocycles. The molecule has 26 heavy (non-hydrogen) atoms. The topological polar surface area (TPSA) is 27.7 Å². The molecule has 0 unspecified atom stereocenters. The van der Waals surface area contributed by atoms with E-state index in [1.54, 1.807) is 0 Å². The maximum Gasteiger partial charge on any atom is 0.163 e. The summed E-state index contributed by atoms with van der Waals surface area (Å²) in [5.41, 5.74) is 1.35. The molecule has 0 amide bonds. The van der Waals surface area contributed by atoms with E-state index < -0.39 is 5.79 Å². The highest BCUT2D eigenvalue weighted by atomic mass is 16.7. The molecule has 1 aromatic rings. The SMILES string of the molecule is CCCCCCCCO[C@H](CC[C@@H]1COC(C)(C)O1)Cc1ccccc1. The average Bonchev–Trinajstić information content (AvgIpc) is 2.98. The zero-order valence-corrected chi connectivity index (χ0v) is 17.0. The highest BCUT2D eigenvalue weighted by Gasteiger charge is 2.32. The summed E-state index contributed by atoms with van der Waals surface area (Å²) in [5.74, 6) is -0.432. The minimum absolute atomic E-state index is 0.195. The van der Waals surface area contributed by atoms with E-state index in [0.29, 0.717) is 6.61 Å². The molecule has 1 saturated heterocycles. The van der Waals surface area contributed by atoms with Crippen LogP contribution in [-0.4, -0.2) is 31.2 Å². The number of ether oxygens (including phenoxy) is 3. The van der Waals surface area contributed by atoms with Crippen molar-refractivity contribution < 1.29 is 14.2 Å². The molecule has 148 valence electrons. The lowest BCUT2D eigenvalue weighted by Crippen LogP contribution is -2.23. The Morgan fingerprint density at radius 1 is 1.08 bits per heavy atom. The van der Waals surface area contributed by atoms with Crippen LogP contribution < -0.4 is 0 Å². The molecule has 1 aliphatic rings. The Labute approximate surface area is 160 Å².